The van der Waals surface area contributed by atoms with E-state index in [2.05, 4.69) is 11.0 Å². The Bertz CT molecular complexity index is 1120. The molecule has 3 aromatic rings. The fraction of sp³-hybridized carbons (Fsp3) is 0.269. The minimum Gasteiger partial charge on any atom is -0.497 e. The van der Waals surface area contributed by atoms with E-state index in [4.69, 9.17) is 16.3 Å². The number of aliphatic hydroxyl groups is 1. The van der Waals surface area contributed by atoms with Crippen LogP contribution in [0.2, 0.25) is 5.02 Å². The van der Waals surface area contributed by atoms with E-state index in [0.29, 0.717) is 23.7 Å². The summed E-state index contributed by atoms with van der Waals surface area (Å²) in [5, 5.41) is 10.9. The number of fused-ring (bicyclic) bond motifs is 3. The normalized spacial score (nSPS) is 22.0. The molecule has 1 saturated heterocycles. The van der Waals surface area contributed by atoms with E-state index in [0.717, 1.165) is 22.6 Å². The standard InChI is InChI=1S/C26H25ClN2O3/c1-32-20-12-8-18(9-13-20)26(31)29-15-23-25(21-4-2-3-5-22(21)29)24(16-30)28(23)14-17-6-10-19(27)11-7-17/h2-13,23-25,30H,14-16H2,1H3/t23-,24-,25+/m1/s1. The van der Waals surface area contributed by atoms with Crippen molar-refractivity contribution < 1.29 is 14.6 Å². The zero-order chi connectivity index (χ0) is 22.2. The predicted molar refractivity (Wildman–Crippen MR) is 126 cm³/mol. The fourth-order valence-corrected chi connectivity index (χ4v) is 5.21. The lowest BCUT2D eigenvalue weighted by atomic mass is 9.71. The van der Waals surface area contributed by atoms with E-state index >= 15 is 0 Å². The van der Waals surface area contributed by atoms with Gasteiger partial charge in [0.25, 0.3) is 5.91 Å². The molecular formula is C26H25ClN2O3. The highest BCUT2D eigenvalue weighted by Crippen LogP contribution is 2.49. The van der Waals surface area contributed by atoms with E-state index in [9.17, 15) is 9.90 Å². The van der Waals surface area contributed by atoms with Crippen LogP contribution in [-0.2, 0) is 6.54 Å². The molecule has 5 rings (SSSR count). The minimum atomic E-state index is -0.0301. The van der Waals surface area contributed by atoms with Gasteiger partial charge in [-0.1, -0.05) is 41.9 Å². The molecule has 0 aliphatic carbocycles. The lowest BCUT2D eigenvalue weighted by Gasteiger charge is -2.59. The number of halogens is 1. The van der Waals surface area contributed by atoms with Gasteiger partial charge < -0.3 is 14.7 Å². The molecule has 3 atom stereocenters. The van der Waals surface area contributed by atoms with Crippen molar-refractivity contribution in [3.05, 3.63) is 94.5 Å². The first-order valence-corrected chi connectivity index (χ1v) is 11.1. The summed E-state index contributed by atoms with van der Waals surface area (Å²) in [5.74, 6) is 0.889. The maximum Gasteiger partial charge on any atom is 0.258 e. The summed E-state index contributed by atoms with van der Waals surface area (Å²) in [6, 6.07) is 23.3. The number of amides is 1. The van der Waals surface area contributed by atoms with Crippen molar-refractivity contribution >= 4 is 23.2 Å². The number of para-hydroxylation sites is 1. The molecule has 0 saturated carbocycles. The number of anilines is 1. The van der Waals surface area contributed by atoms with Crippen molar-refractivity contribution in [2.75, 3.05) is 25.2 Å². The molecule has 0 bridgehead atoms. The summed E-state index contributed by atoms with van der Waals surface area (Å²) in [7, 11) is 1.61. The Labute approximate surface area is 192 Å². The van der Waals surface area contributed by atoms with Crippen LogP contribution in [0.15, 0.2) is 72.8 Å². The smallest absolute Gasteiger partial charge is 0.258 e. The van der Waals surface area contributed by atoms with Crippen molar-refractivity contribution in [3.8, 4) is 5.75 Å². The molecule has 32 heavy (non-hydrogen) atoms. The first-order valence-electron chi connectivity index (χ1n) is 10.8. The highest BCUT2D eigenvalue weighted by atomic mass is 35.5. The second kappa shape index (κ2) is 8.58. The third kappa shape index (κ3) is 3.56. The van der Waals surface area contributed by atoms with Crippen molar-refractivity contribution in [2.24, 2.45) is 0 Å². The number of likely N-dealkylation sites (tertiary alicyclic amines) is 1. The Morgan fingerprint density at radius 2 is 1.78 bits per heavy atom. The Balaban J connectivity index is 1.46. The predicted octanol–water partition coefficient (Wildman–Crippen LogP) is 4.34. The zero-order valence-corrected chi connectivity index (χ0v) is 18.6. The summed E-state index contributed by atoms with van der Waals surface area (Å²) in [6.07, 6.45) is 0. The van der Waals surface area contributed by atoms with Crippen molar-refractivity contribution in [1.82, 2.24) is 4.90 Å². The lowest BCUT2D eigenvalue weighted by Crippen LogP contribution is -2.68. The maximum absolute atomic E-state index is 13.5. The van der Waals surface area contributed by atoms with Crippen LogP contribution in [-0.4, -0.2) is 48.3 Å². The zero-order valence-electron chi connectivity index (χ0n) is 17.8. The summed E-state index contributed by atoms with van der Waals surface area (Å²) < 4.78 is 5.23. The van der Waals surface area contributed by atoms with Gasteiger partial charge in [0, 0.05) is 47.4 Å². The summed E-state index contributed by atoms with van der Waals surface area (Å²) >= 11 is 6.04. The van der Waals surface area contributed by atoms with Crippen LogP contribution in [0.3, 0.4) is 0 Å². The molecule has 3 aromatic carbocycles. The third-order valence-corrected chi connectivity index (χ3v) is 6.94. The van der Waals surface area contributed by atoms with Crippen molar-refractivity contribution in [2.45, 2.75) is 24.5 Å². The van der Waals surface area contributed by atoms with Crippen LogP contribution in [0.1, 0.15) is 27.4 Å². The molecule has 0 spiro atoms. The van der Waals surface area contributed by atoms with Gasteiger partial charge in [0.15, 0.2) is 0 Å². The number of nitrogens with zero attached hydrogens (tertiary/aromatic N) is 2. The SMILES string of the molecule is COc1ccc(C(=O)N2C[C@@H]3[C@H](c4ccccc42)[C@@H](CO)N3Cc2ccc(Cl)cc2)cc1. The van der Waals surface area contributed by atoms with Gasteiger partial charge in [-0.25, -0.2) is 0 Å². The molecule has 5 nitrogen and oxygen atoms in total. The highest BCUT2D eigenvalue weighted by molar-refractivity contribution is 6.30. The van der Waals surface area contributed by atoms with Crippen LogP contribution in [0.5, 0.6) is 5.75 Å². The van der Waals surface area contributed by atoms with Crippen LogP contribution < -0.4 is 9.64 Å². The molecule has 164 valence electrons. The molecule has 1 N–H and O–H groups in total. The van der Waals surface area contributed by atoms with E-state index in [1.165, 1.54) is 0 Å². The Morgan fingerprint density at radius 3 is 2.47 bits per heavy atom. The Kier molecular flexibility index (Phi) is 5.64. The van der Waals surface area contributed by atoms with Crippen LogP contribution in [0, 0.1) is 0 Å². The number of benzene rings is 3. The lowest BCUT2D eigenvalue weighted by molar-refractivity contribution is -0.0488. The van der Waals surface area contributed by atoms with Gasteiger partial charge in [-0.3, -0.25) is 9.69 Å². The molecule has 2 aliphatic heterocycles. The topological polar surface area (TPSA) is 53.0 Å². The van der Waals surface area contributed by atoms with E-state index in [1.807, 2.05) is 59.5 Å². The quantitative estimate of drug-likeness (QED) is 0.631. The number of rotatable bonds is 5. The van der Waals surface area contributed by atoms with Crippen LogP contribution in [0.4, 0.5) is 5.69 Å². The molecule has 2 aliphatic rings. The molecule has 1 fully saturated rings. The number of carbonyl (C=O) groups excluding carboxylic acids is 1. The van der Waals surface area contributed by atoms with Gasteiger partial charge in [0.05, 0.1) is 13.7 Å². The van der Waals surface area contributed by atoms with E-state index in [-0.39, 0.29) is 30.5 Å². The Hall–Kier alpha value is -2.86. The number of aliphatic hydroxyl groups excluding tert-OH is 1. The molecule has 1 amide bonds. The number of carbonyl (C=O) groups is 1. The Morgan fingerprint density at radius 1 is 1.06 bits per heavy atom. The molecule has 0 radical (unpaired) electrons. The summed E-state index contributed by atoms with van der Waals surface area (Å²) in [6.45, 7) is 1.36. The second-order valence-corrected chi connectivity index (χ2v) is 8.78. The van der Waals surface area contributed by atoms with E-state index in [1.54, 1.807) is 19.2 Å². The number of ether oxygens (including phenoxy) is 1. The summed E-state index contributed by atoms with van der Waals surface area (Å²) in [4.78, 5) is 17.7. The van der Waals surface area contributed by atoms with Gasteiger partial charge in [0.2, 0.25) is 0 Å². The number of methoxy groups -OCH3 is 1. The monoisotopic (exact) mass is 448 g/mol. The first-order chi connectivity index (χ1) is 15.6. The molecule has 6 heteroatoms. The van der Waals surface area contributed by atoms with Gasteiger partial charge in [0.1, 0.15) is 5.75 Å². The maximum atomic E-state index is 13.5. The van der Waals surface area contributed by atoms with Gasteiger partial charge in [-0.05, 0) is 53.6 Å². The molecule has 0 aromatic heterocycles. The fourth-order valence-electron chi connectivity index (χ4n) is 5.08. The van der Waals surface area contributed by atoms with Crippen molar-refractivity contribution in [1.29, 1.82) is 0 Å². The first kappa shape index (κ1) is 21.0. The number of hydrogen-bond donors (Lipinski definition) is 1. The van der Waals surface area contributed by atoms with Gasteiger partial charge in [-0.15, -0.1) is 0 Å². The van der Waals surface area contributed by atoms with E-state index < -0.39 is 0 Å². The van der Waals surface area contributed by atoms with Crippen molar-refractivity contribution in [3.63, 3.8) is 0 Å². The van der Waals surface area contributed by atoms with Gasteiger partial charge >= 0.3 is 0 Å². The van der Waals surface area contributed by atoms with Crippen LogP contribution in [0.25, 0.3) is 0 Å². The average molecular weight is 449 g/mol. The van der Waals surface area contributed by atoms with Crippen LogP contribution >= 0.6 is 11.6 Å². The number of hydrogen-bond acceptors (Lipinski definition) is 4. The molecule has 0 unspecified atom stereocenters. The summed E-state index contributed by atoms with van der Waals surface area (Å²) in [5.41, 5.74) is 3.82. The molecular weight excluding hydrogens is 424 g/mol. The molecule has 2 heterocycles. The van der Waals surface area contributed by atoms with Gasteiger partial charge in [-0.2, -0.15) is 0 Å². The second-order valence-electron chi connectivity index (χ2n) is 8.34. The largest absolute Gasteiger partial charge is 0.497 e. The minimum absolute atomic E-state index is 0.0232. The third-order valence-electron chi connectivity index (χ3n) is 6.68. The average Bonchev–Trinajstić information content (AvgIpc) is 2.83. The highest BCUT2D eigenvalue weighted by Gasteiger charge is 2.53.